The predicted octanol–water partition coefficient (Wildman–Crippen LogP) is 2.73. The maximum atomic E-state index is 5.88. The Morgan fingerprint density at radius 1 is 1.42 bits per heavy atom. The van der Waals surface area contributed by atoms with E-state index < -0.39 is 0 Å². The van der Waals surface area contributed by atoms with Crippen molar-refractivity contribution < 1.29 is 9.26 Å². The average molecular weight is 264 g/mol. The summed E-state index contributed by atoms with van der Waals surface area (Å²) in [7, 11) is 0. The number of nitrogens with zero attached hydrogens (tertiary/aromatic N) is 1. The fourth-order valence-corrected chi connectivity index (χ4v) is 3.70. The van der Waals surface area contributed by atoms with Gasteiger partial charge in [-0.05, 0) is 40.0 Å². The standard InChI is InChI=1S/C15H24N2O2/c1-4-18-14-8-13(15(14)6-5-7-15)16-9-12-10(2)17-19-11(12)3/h13-14,16H,4-9H2,1-3H3. The predicted molar refractivity (Wildman–Crippen MR) is 72.9 cm³/mol. The van der Waals surface area contributed by atoms with Crippen LogP contribution in [0.5, 0.6) is 0 Å². The molecule has 4 heteroatoms. The Labute approximate surface area is 114 Å². The van der Waals surface area contributed by atoms with Crippen LogP contribution in [0, 0.1) is 19.3 Å². The highest BCUT2D eigenvalue weighted by atomic mass is 16.5. The molecule has 3 rings (SSSR count). The van der Waals surface area contributed by atoms with Gasteiger partial charge in [0.15, 0.2) is 0 Å². The second kappa shape index (κ2) is 4.91. The molecule has 1 N–H and O–H groups in total. The summed E-state index contributed by atoms with van der Waals surface area (Å²) in [5.41, 5.74) is 2.65. The molecule has 106 valence electrons. The first kappa shape index (κ1) is 13.1. The van der Waals surface area contributed by atoms with Crippen molar-refractivity contribution in [3.05, 3.63) is 17.0 Å². The number of hydrogen-bond donors (Lipinski definition) is 1. The van der Waals surface area contributed by atoms with Crippen LogP contribution in [0.4, 0.5) is 0 Å². The molecule has 2 aliphatic rings. The monoisotopic (exact) mass is 264 g/mol. The zero-order valence-electron chi connectivity index (χ0n) is 12.2. The van der Waals surface area contributed by atoms with Crippen molar-refractivity contribution in [1.82, 2.24) is 10.5 Å². The fourth-order valence-electron chi connectivity index (χ4n) is 3.70. The van der Waals surface area contributed by atoms with Gasteiger partial charge in [0.05, 0.1) is 11.8 Å². The van der Waals surface area contributed by atoms with Crippen molar-refractivity contribution in [2.24, 2.45) is 5.41 Å². The highest BCUT2D eigenvalue weighted by Gasteiger charge is 2.58. The van der Waals surface area contributed by atoms with Crippen LogP contribution in [-0.4, -0.2) is 23.9 Å². The molecule has 2 fully saturated rings. The molecule has 0 radical (unpaired) electrons. The summed E-state index contributed by atoms with van der Waals surface area (Å²) in [5.74, 6) is 0.938. The van der Waals surface area contributed by atoms with Crippen LogP contribution in [-0.2, 0) is 11.3 Å². The molecule has 2 saturated carbocycles. The maximum Gasteiger partial charge on any atom is 0.138 e. The van der Waals surface area contributed by atoms with Crippen LogP contribution >= 0.6 is 0 Å². The summed E-state index contributed by atoms with van der Waals surface area (Å²) in [6, 6.07) is 0.603. The van der Waals surface area contributed by atoms with Crippen LogP contribution in [0.15, 0.2) is 4.52 Å². The third kappa shape index (κ3) is 2.01. The van der Waals surface area contributed by atoms with Crippen molar-refractivity contribution in [3.8, 4) is 0 Å². The van der Waals surface area contributed by atoms with Gasteiger partial charge in [0.25, 0.3) is 0 Å². The summed E-state index contributed by atoms with van der Waals surface area (Å²) in [6.07, 6.45) is 5.62. The minimum atomic E-state index is 0.426. The van der Waals surface area contributed by atoms with Crippen LogP contribution in [0.2, 0.25) is 0 Å². The summed E-state index contributed by atoms with van der Waals surface area (Å²) >= 11 is 0. The lowest BCUT2D eigenvalue weighted by atomic mass is 9.51. The molecule has 0 saturated heterocycles. The minimum Gasteiger partial charge on any atom is -0.378 e. The van der Waals surface area contributed by atoms with Crippen LogP contribution in [0.1, 0.15) is 49.6 Å². The van der Waals surface area contributed by atoms with E-state index in [-0.39, 0.29) is 0 Å². The number of aromatic nitrogens is 1. The third-order valence-corrected chi connectivity index (χ3v) is 5.14. The maximum absolute atomic E-state index is 5.88. The van der Waals surface area contributed by atoms with Gasteiger partial charge < -0.3 is 14.6 Å². The van der Waals surface area contributed by atoms with E-state index in [1.54, 1.807) is 0 Å². The molecule has 19 heavy (non-hydrogen) atoms. The van der Waals surface area contributed by atoms with Gasteiger partial charge >= 0.3 is 0 Å². The van der Waals surface area contributed by atoms with E-state index >= 15 is 0 Å². The second-order valence-electron chi connectivity index (χ2n) is 6.00. The Kier molecular flexibility index (Phi) is 3.39. The molecule has 0 amide bonds. The van der Waals surface area contributed by atoms with Gasteiger partial charge in [0.1, 0.15) is 5.76 Å². The average Bonchev–Trinajstić information content (AvgIpc) is 2.61. The van der Waals surface area contributed by atoms with E-state index in [1.807, 2.05) is 13.8 Å². The van der Waals surface area contributed by atoms with Crippen LogP contribution in [0.3, 0.4) is 0 Å². The molecule has 2 aliphatic carbocycles. The zero-order valence-corrected chi connectivity index (χ0v) is 12.2. The Balaban J connectivity index is 1.60. The SMILES string of the molecule is CCOC1CC(NCc2c(C)noc2C)C12CCC2. The van der Waals surface area contributed by atoms with Crippen molar-refractivity contribution in [3.63, 3.8) is 0 Å². The van der Waals surface area contributed by atoms with E-state index in [1.165, 1.54) is 24.8 Å². The summed E-state index contributed by atoms with van der Waals surface area (Å²) in [4.78, 5) is 0. The van der Waals surface area contributed by atoms with Gasteiger partial charge in [-0.2, -0.15) is 0 Å². The first-order valence-corrected chi connectivity index (χ1v) is 7.44. The molecule has 2 atom stereocenters. The third-order valence-electron chi connectivity index (χ3n) is 5.14. The van der Waals surface area contributed by atoms with E-state index in [2.05, 4.69) is 17.4 Å². The number of hydrogen-bond acceptors (Lipinski definition) is 4. The molecule has 4 nitrogen and oxygen atoms in total. The lowest BCUT2D eigenvalue weighted by Gasteiger charge is -2.61. The van der Waals surface area contributed by atoms with Gasteiger partial charge in [0, 0.05) is 30.2 Å². The first-order valence-electron chi connectivity index (χ1n) is 7.44. The molecule has 1 aromatic heterocycles. The normalized spacial score (nSPS) is 28.2. The van der Waals surface area contributed by atoms with E-state index in [0.717, 1.165) is 31.0 Å². The van der Waals surface area contributed by atoms with Gasteiger partial charge in [-0.1, -0.05) is 11.6 Å². The first-order chi connectivity index (χ1) is 9.17. The largest absolute Gasteiger partial charge is 0.378 e. The number of rotatable bonds is 5. The van der Waals surface area contributed by atoms with Crippen molar-refractivity contribution in [2.75, 3.05) is 6.61 Å². The minimum absolute atomic E-state index is 0.426. The zero-order chi connectivity index (χ0) is 13.5. The molecule has 2 unspecified atom stereocenters. The van der Waals surface area contributed by atoms with Crippen LogP contribution in [0.25, 0.3) is 0 Å². The molecular formula is C15H24N2O2. The topological polar surface area (TPSA) is 47.3 Å². The smallest absolute Gasteiger partial charge is 0.138 e. The van der Waals surface area contributed by atoms with Crippen molar-refractivity contribution in [2.45, 2.75) is 65.1 Å². The van der Waals surface area contributed by atoms with Gasteiger partial charge in [-0.3, -0.25) is 0 Å². The number of nitrogens with one attached hydrogen (secondary N) is 1. The van der Waals surface area contributed by atoms with Crippen molar-refractivity contribution >= 4 is 0 Å². The molecular weight excluding hydrogens is 240 g/mol. The van der Waals surface area contributed by atoms with E-state index in [4.69, 9.17) is 9.26 Å². The van der Waals surface area contributed by atoms with Crippen molar-refractivity contribution in [1.29, 1.82) is 0 Å². The molecule has 1 aromatic rings. The fraction of sp³-hybridized carbons (Fsp3) is 0.800. The molecule has 0 aromatic carbocycles. The summed E-state index contributed by atoms with van der Waals surface area (Å²) < 4.78 is 11.1. The van der Waals surface area contributed by atoms with Gasteiger partial charge in [-0.15, -0.1) is 0 Å². The molecule has 0 aliphatic heterocycles. The second-order valence-corrected chi connectivity index (χ2v) is 6.00. The molecule has 1 heterocycles. The Morgan fingerprint density at radius 3 is 2.74 bits per heavy atom. The van der Waals surface area contributed by atoms with Crippen LogP contribution < -0.4 is 5.32 Å². The van der Waals surface area contributed by atoms with Gasteiger partial charge in [-0.25, -0.2) is 0 Å². The Hall–Kier alpha value is -0.870. The lowest BCUT2D eigenvalue weighted by Crippen LogP contribution is -2.66. The Morgan fingerprint density at radius 2 is 2.21 bits per heavy atom. The highest BCUT2D eigenvalue weighted by Crippen LogP contribution is 2.57. The summed E-state index contributed by atoms with van der Waals surface area (Å²) in [5, 5.41) is 7.72. The van der Waals surface area contributed by atoms with E-state index in [0.29, 0.717) is 17.6 Å². The number of ether oxygens (including phenoxy) is 1. The highest BCUT2D eigenvalue weighted by molar-refractivity contribution is 5.21. The lowest BCUT2D eigenvalue weighted by molar-refractivity contribution is -0.173. The van der Waals surface area contributed by atoms with Gasteiger partial charge in [0.2, 0.25) is 0 Å². The summed E-state index contributed by atoms with van der Waals surface area (Å²) in [6.45, 7) is 7.79. The Bertz CT molecular complexity index is 431. The molecule has 1 spiro atoms. The quantitative estimate of drug-likeness (QED) is 0.888. The number of aryl methyl sites for hydroxylation is 2. The molecule has 0 bridgehead atoms. The van der Waals surface area contributed by atoms with E-state index in [9.17, 15) is 0 Å².